The predicted octanol–water partition coefficient (Wildman–Crippen LogP) is 1.08. The number of aromatic nitrogens is 2. The first kappa shape index (κ1) is 13.1. The minimum atomic E-state index is -3.61. The Bertz CT molecular complexity index is 658. The van der Waals surface area contributed by atoms with Crippen LogP contribution in [0.3, 0.4) is 0 Å². The number of aliphatic hydroxyl groups is 1. The van der Waals surface area contributed by atoms with Gasteiger partial charge in [0.15, 0.2) is 0 Å². The second-order valence-corrected chi connectivity index (χ2v) is 6.88. The Balaban J connectivity index is 2.30. The molecule has 0 bridgehead atoms. The van der Waals surface area contributed by atoms with Crippen molar-refractivity contribution in [2.75, 3.05) is 4.72 Å². The molecule has 0 amide bonds. The summed E-state index contributed by atoms with van der Waals surface area (Å²) >= 11 is 1.06. The maximum absolute atomic E-state index is 12.1. The molecule has 2 aromatic rings. The Kier molecular flexibility index (Phi) is 3.42. The SMILES string of the molecule is Cc1cc(S(=O)(=O)Nc2cnn(C)c2)sc1CO. The zero-order chi connectivity index (χ0) is 13.3. The third-order valence-electron chi connectivity index (χ3n) is 2.36. The largest absolute Gasteiger partial charge is 0.391 e. The van der Waals surface area contributed by atoms with Gasteiger partial charge in [-0.25, -0.2) is 8.42 Å². The van der Waals surface area contributed by atoms with E-state index in [2.05, 4.69) is 9.82 Å². The maximum Gasteiger partial charge on any atom is 0.271 e. The van der Waals surface area contributed by atoms with Crippen molar-refractivity contribution in [2.24, 2.45) is 7.05 Å². The third kappa shape index (κ3) is 2.55. The number of sulfonamides is 1. The van der Waals surface area contributed by atoms with E-state index in [-0.39, 0.29) is 10.8 Å². The van der Waals surface area contributed by atoms with Crippen molar-refractivity contribution < 1.29 is 13.5 Å². The van der Waals surface area contributed by atoms with Crippen LogP contribution in [0.2, 0.25) is 0 Å². The molecule has 0 atom stereocenters. The first-order chi connectivity index (χ1) is 8.42. The molecular weight excluding hydrogens is 274 g/mol. The monoisotopic (exact) mass is 287 g/mol. The molecule has 8 heteroatoms. The van der Waals surface area contributed by atoms with Crippen LogP contribution in [0.5, 0.6) is 0 Å². The molecule has 2 rings (SSSR count). The van der Waals surface area contributed by atoms with E-state index in [9.17, 15) is 8.42 Å². The van der Waals surface area contributed by atoms with Gasteiger partial charge in [-0.15, -0.1) is 11.3 Å². The number of nitrogens with zero attached hydrogens (tertiary/aromatic N) is 2. The number of aryl methyl sites for hydroxylation is 2. The van der Waals surface area contributed by atoms with Gasteiger partial charge in [0.1, 0.15) is 4.21 Å². The molecule has 98 valence electrons. The molecule has 0 unspecified atom stereocenters. The third-order valence-corrected chi connectivity index (χ3v) is 5.44. The van der Waals surface area contributed by atoms with Gasteiger partial charge in [0.25, 0.3) is 10.0 Å². The highest BCUT2D eigenvalue weighted by Crippen LogP contribution is 2.27. The van der Waals surface area contributed by atoms with Crippen LogP contribution in [-0.2, 0) is 23.7 Å². The summed E-state index contributed by atoms with van der Waals surface area (Å²) in [6, 6.07) is 1.55. The Morgan fingerprint density at radius 1 is 1.56 bits per heavy atom. The van der Waals surface area contributed by atoms with Crippen LogP contribution in [0.25, 0.3) is 0 Å². The number of thiophene rings is 1. The van der Waals surface area contributed by atoms with Gasteiger partial charge in [0.05, 0.1) is 18.5 Å². The summed E-state index contributed by atoms with van der Waals surface area (Å²) in [4.78, 5) is 0.654. The summed E-state index contributed by atoms with van der Waals surface area (Å²) in [7, 11) is -1.90. The second kappa shape index (κ2) is 4.71. The summed E-state index contributed by atoms with van der Waals surface area (Å²) in [5.41, 5.74) is 1.18. The van der Waals surface area contributed by atoms with E-state index in [1.807, 2.05) is 0 Å². The quantitative estimate of drug-likeness (QED) is 0.881. The molecule has 2 aromatic heterocycles. The summed E-state index contributed by atoms with van der Waals surface area (Å²) in [5.74, 6) is 0. The highest BCUT2D eigenvalue weighted by atomic mass is 32.2. The average Bonchev–Trinajstić information content (AvgIpc) is 2.84. The second-order valence-electron chi connectivity index (χ2n) is 3.84. The first-order valence-electron chi connectivity index (χ1n) is 5.14. The Morgan fingerprint density at radius 2 is 2.28 bits per heavy atom. The Morgan fingerprint density at radius 3 is 2.78 bits per heavy atom. The summed E-state index contributed by atoms with van der Waals surface area (Å²) in [5, 5.41) is 13.0. The average molecular weight is 287 g/mol. The van der Waals surface area contributed by atoms with Gasteiger partial charge in [0, 0.05) is 18.1 Å². The van der Waals surface area contributed by atoms with Gasteiger partial charge in [-0.3, -0.25) is 9.40 Å². The van der Waals surface area contributed by atoms with Gasteiger partial charge in [-0.2, -0.15) is 5.10 Å². The van der Waals surface area contributed by atoms with Crippen LogP contribution in [0.1, 0.15) is 10.4 Å². The van der Waals surface area contributed by atoms with E-state index < -0.39 is 10.0 Å². The topological polar surface area (TPSA) is 84.2 Å². The molecule has 2 N–H and O–H groups in total. The van der Waals surface area contributed by atoms with Crippen LogP contribution in [0.4, 0.5) is 5.69 Å². The fraction of sp³-hybridized carbons (Fsp3) is 0.300. The Hall–Kier alpha value is -1.38. The summed E-state index contributed by atoms with van der Waals surface area (Å²) < 4.78 is 28.3. The van der Waals surface area contributed by atoms with Crippen LogP contribution in [0.15, 0.2) is 22.7 Å². The Labute approximate surface area is 109 Å². The zero-order valence-electron chi connectivity index (χ0n) is 9.91. The molecule has 2 heterocycles. The van der Waals surface area contributed by atoms with Crippen LogP contribution < -0.4 is 4.72 Å². The standard InChI is InChI=1S/C10H13N3O3S2/c1-7-3-10(17-9(7)6-14)18(15,16)12-8-4-11-13(2)5-8/h3-5,12,14H,6H2,1-2H3. The molecule has 18 heavy (non-hydrogen) atoms. The lowest BCUT2D eigenvalue weighted by Crippen LogP contribution is -2.10. The van der Waals surface area contributed by atoms with Crippen LogP contribution in [-0.4, -0.2) is 23.3 Å². The lowest BCUT2D eigenvalue weighted by Gasteiger charge is -2.02. The smallest absolute Gasteiger partial charge is 0.271 e. The number of hydrogen-bond acceptors (Lipinski definition) is 5. The number of anilines is 1. The molecule has 0 saturated heterocycles. The van der Waals surface area contributed by atoms with E-state index in [1.165, 1.54) is 10.9 Å². The molecular formula is C10H13N3O3S2. The molecule has 6 nitrogen and oxygen atoms in total. The maximum atomic E-state index is 12.1. The van der Waals surface area contributed by atoms with Crippen molar-refractivity contribution in [3.63, 3.8) is 0 Å². The first-order valence-corrected chi connectivity index (χ1v) is 7.44. The van der Waals surface area contributed by atoms with E-state index in [1.54, 1.807) is 26.2 Å². The van der Waals surface area contributed by atoms with E-state index in [0.29, 0.717) is 10.6 Å². The molecule has 0 aliphatic rings. The minimum absolute atomic E-state index is 0.154. The highest BCUT2D eigenvalue weighted by Gasteiger charge is 2.19. The normalized spacial score (nSPS) is 11.7. The number of rotatable bonds is 4. The number of hydrogen-bond donors (Lipinski definition) is 2. The van der Waals surface area contributed by atoms with Gasteiger partial charge >= 0.3 is 0 Å². The van der Waals surface area contributed by atoms with E-state index in [4.69, 9.17) is 5.11 Å². The van der Waals surface area contributed by atoms with Crippen molar-refractivity contribution in [1.82, 2.24) is 9.78 Å². The van der Waals surface area contributed by atoms with Crippen molar-refractivity contribution in [3.05, 3.63) is 28.9 Å². The minimum Gasteiger partial charge on any atom is -0.391 e. The van der Waals surface area contributed by atoms with Gasteiger partial charge in [0.2, 0.25) is 0 Å². The fourth-order valence-corrected chi connectivity index (χ4v) is 3.93. The highest BCUT2D eigenvalue weighted by molar-refractivity contribution is 7.94. The molecule has 0 aromatic carbocycles. The van der Waals surface area contributed by atoms with Crippen molar-refractivity contribution >= 4 is 27.0 Å². The molecule has 0 saturated carbocycles. The summed E-state index contributed by atoms with van der Waals surface area (Å²) in [6.07, 6.45) is 3.01. The van der Waals surface area contributed by atoms with Crippen molar-refractivity contribution in [1.29, 1.82) is 0 Å². The van der Waals surface area contributed by atoms with Gasteiger partial charge in [-0.05, 0) is 18.6 Å². The summed E-state index contributed by atoms with van der Waals surface area (Å²) in [6.45, 7) is 1.62. The lowest BCUT2D eigenvalue weighted by molar-refractivity contribution is 0.285. The predicted molar refractivity (Wildman–Crippen MR) is 69.0 cm³/mol. The van der Waals surface area contributed by atoms with Crippen LogP contribution >= 0.6 is 11.3 Å². The molecule has 0 aliphatic carbocycles. The van der Waals surface area contributed by atoms with E-state index in [0.717, 1.165) is 16.9 Å². The lowest BCUT2D eigenvalue weighted by atomic mass is 10.3. The molecule has 0 fully saturated rings. The van der Waals surface area contributed by atoms with Gasteiger partial charge in [-0.1, -0.05) is 0 Å². The van der Waals surface area contributed by atoms with Crippen molar-refractivity contribution in [3.8, 4) is 0 Å². The zero-order valence-corrected chi connectivity index (χ0v) is 11.5. The van der Waals surface area contributed by atoms with E-state index >= 15 is 0 Å². The molecule has 0 radical (unpaired) electrons. The van der Waals surface area contributed by atoms with Gasteiger partial charge < -0.3 is 5.11 Å². The number of aliphatic hydroxyl groups excluding tert-OH is 1. The van der Waals surface area contributed by atoms with Crippen LogP contribution in [0, 0.1) is 6.92 Å². The number of nitrogens with one attached hydrogen (secondary N) is 1. The fourth-order valence-electron chi connectivity index (χ4n) is 1.46. The molecule has 0 spiro atoms. The molecule has 0 aliphatic heterocycles. The van der Waals surface area contributed by atoms with Crippen molar-refractivity contribution in [2.45, 2.75) is 17.7 Å².